The van der Waals surface area contributed by atoms with E-state index >= 15 is 0 Å². The summed E-state index contributed by atoms with van der Waals surface area (Å²) in [6, 6.07) is 5.85. The number of aromatic nitrogens is 1. The van der Waals surface area contributed by atoms with Crippen LogP contribution in [0.25, 0.3) is 0 Å². The highest BCUT2D eigenvalue weighted by molar-refractivity contribution is 6.30. The van der Waals surface area contributed by atoms with Crippen LogP contribution in [0.1, 0.15) is 17.5 Å². The molecular formula is C15H9ClF4N2O. The van der Waals surface area contributed by atoms with Crippen LogP contribution >= 0.6 is 11.6 Å². The fourth-order valence-electron chi connectivity index (χ4n) is 2.38. The van der Waals surface area contributed by atoms with Crippen LogP contribution in [0.2, 0.25) is 5.02 Å². The van der Waals surface area contributed by atoms with E-state index in [-0.39, 0.29) is 10.7 Å². The maximum Gasteiger partial charge on any atom is 0.435 e. The van der Waals surface area contributed by atoms with E-state index in [1.807, 2.05) is 0 Å². The molecule has 3 rings (SSSR count). The van der Waals surface area contributed by atoms with Crippen molar-refractivity contribution in [3.63, 3.8) is 0 Å². The van der Waals surface area contributed by atoms with Gasteiger partial charge >= 0.3 is 6.18 Å². The average Bonchev–Trinajstić information content (AvgIpc) is 2.93. The first-order chi connectivity index (χ1) is 10.8. The van der Waals surface area contributed by atoms with Crippen molar-refractivity contribution in [2.75, 3.05) is 0 Å². The number of halogens is 5. The summed E-state index contributed by atoms with van der Waals surface area (Å²) in [6.45, 7) is 0. The Morgan fingerprint density at radius 3 is 2.61 bits per heavy atom. The first-order valence-corrected chi connectivity index (χ1v) is 6.88. The minimum absolute atomic E-state index is 0.0795. The molecule has 0 N–H and O–H groups in total. The summed E-state index contributed by atoms with van der Waals surface area (Å²) in [7, 11) is 0. The second-order valence-corrected chi connectivity index (χ2v) is 5.47. The predicted molar refractivity (Wildman–Crippen MR) is 75.6 cm³/mol. The van der Waals surface area contributed by atoms with Crippen molar-refractivity contribution in [3.05, 3.63) is 64.7 Å². The van der Waals surface area contributed by atoms with Crippen molar-refractivity contribution in [2.24, 2.45) is 5.16 Å². The molecule has 1 aliphatic rings. The lowest BCUT2D eigenvalue weighted by molar-refractivity contribution is -0.275. The van der Waals surface area contributed by atoms with E-state index in [1.54, 1.807) is 12.1 Å². The smallest absolute Gasteiger partial charge is 0.374 e. The van der Waals surface area contributed by atoms with Gasteiger partial charge in [0.25, 0.3) is 5.60 Å². The zero-order valence-corrected chi connectivity index (χ0v) is 12.2. The maximum atomic E-state index is 13.7. The Labute approximate surface area is 133 Å². The van der Waals surface area contributed by atoms with Gasteiger partial charge in [0.15, 0.2) is 0 Å². The molecule has 2 heterocycles. The van der Waals surface area contributed by atoms with Gasteiger partial charge in [-0.1, -0.05) is 16.8 Å². The van der Waals surface area contributed by atoms with Crippen molar-refractivity contribution in [2.45, 2.75) is 18.2 Å². The number of hydrogen-bond acceptors (Lipinski definition) is 3. The molecule has 1 aromatic carbocycles. The van der Waals surface area contributed by atoms with Gasteiger partial charge in [0, 0.05) is 28.5 Å². The van der Waals surface area contributed by atoms with Crippen LogP contribution in [-0.4, -0.2) is 16.9 Å². The molecular weight excluding hydrogens is 336 g/mol. The highest BCUT2D eigenvalue weighted by Crippen LogP contribution is 2.49. The third-order valence-electron chi connectivity index (χ3n) is 3.51. The second-order valence-electron chi connectivity index (χ2n) is 5.03. The van der Waals surface area contributed by atoms with E-state index < -0.39 is 29.6 Å². The van der Waals surface area contributed by atoms with Crippen LogP contribution in [0.15, 0.2) is 47.9 Å². The quantitative estimate of drug-likeness (QED) is 0.754. The molecule has 0 radical (unpaired) electrons. The first kappa shape index (κ1) is 15.7. The third-order valence-corrected chi connectivity index (χ3v) is 3.73. The first-order valence-electron chi connectivity index (χ1n) is 6.50. The molecule has 23 heavy (non-hydrogen) atoms. The van der Waals surface area contributed by atoms with Crippen molar-refractivity contribution >= 4 is 17.3 Å². The van der Waals surface area contributed by atoms with Crippen LogP contribution in [0.5, 0.6) is 0 Å². The summed E-state index contributed by atoms with van der Waals surface area (Å²) < 4.78 is 54.5. The SMILES string of the molecule is Fc1cc(Cl)cc(C2(C(F)(F)F)CC(c3cccnc3)=NO2)c1. The lowest BCUT2D eigenvalue weighted by atomic mass is 9.87. The van der Waals surface area contributed by atoms with Gasteiger partial charge in [0.1, 0.15) is 5.82 Å². The molecule has 0 bridgehead atoms. The topological polar surface area (TPSA) is 34.5 Å². The summed E-state index contributed by atoms with van der Waals surface area (Å²) in [5.74, 6) is -0.880. The molecule has 8 heteroatoms. The van der Waals surface area contributed by atoms with Crippen molar-refractivity contribution in [1.82, 2.24) is 4.98 Å². The van der Waals surface area contributed by atoms with Crippen molar-refractivity contribution in [1.29, 1.82) is 0 Å². The Morgan fingerprint density at radius 2 is 2.00 bits per heavy atom. The van der Waals surface area contributed by atoms with Crippen LogP contribution in [0.3, 0.4) is 0 Å². The molecule has 0 fully saturated rings. The van der Waals surface area contributed by atoms with Crippen LogP contribution in [0, 0.1) is 5.82 Å². The van der Waals surface area contributed by atoms with Gasteiger partial charge in [-0.15, -0.1) is 0 Å². The van der Waals surface area contributed by atoms with E-state index in [4.69, 9.17) is 16.4 Å². The van der Waals surface area contributed by atoms with Gasteiger partial charge < -0.3 is 4.84 Å². The van der Waals surface area contributed by atoms with Crippen LogP contribution in [0.4, 0.5) is 17.6 Å². The predicted octanol–water partition coefficient (Wildman–Crippen LogP) is 4.46. The molecule has 120 valence electrons. The highest BCUT2D eigenvalue weighted by atomic mass is 35.5. The number of benzene rings is 1. The second kappa shape index (κ2) is 5.49. The minimum atomic E-state index is -4.81. The highest BCUT2D eigenvalue weighted by Gasteiger charge is 2.62. The molecule has 0 amide bonds. The van der Waals surface area contributed by atoms with Gasteiger partial charge in [0.05, 0.1) is 12.1 Å². The fraction of sp³-hybridized carbons (Fsp3) is 0.200. The summed E-state index contributed by atoms with van der Waals surface area (Å²) in [5.41, 5.74) is -2.72. The molecule has 1 atom stereocenters. The normalized spacial score (nSPS) is 21.0. The Bertz CT molecular complexity index is 744. The van der Waals surface area contributed by atoms with Crippen molar-refractivity contribution in [3.8, 4) is 0 Å². The Balaban J connectivity index is 2.05. The fourth-order valence-corrected chi connectivity index (χ4v) is 2.60. The number of alkyl halides is 3. The average molecular weight is 345 g/mol. The molecule has 1 unspecified atom stereocenters. The Hall–Kier alpha value is -2.15. The summed E-state index contributed by atoms with van der Waals surface area (Å²) >= 11 is 5.68. The summed E-state index contributed by atoms with van der Waals surface area (Å²) in [5, 5.41) is 3.40. The standard InChI is InChI=1S/C15H9ClF4N2O/c16-11-4-10(5-12(17)6-11)14(15(18,19)20)7-13(22-23-14)9-2-1-3-21-8-9/h1-6,8H,7H2. The van der Waals surface area contributed by atoms with Gasteiger partial charge in [0.2, 0.25) is 0 Å². The van der Waals surface area contributed by atoms with Crippen LogP contribution < -0.4 is 0 Å². The molecule has 0 saturated heterocycles. The van der Waals surface area contributed by atoms with Crippen molar-refractivity contribution < 1.29 is 22.4 Å². The van der Waals surface area contributed by atoms with E-state index in [9.17, 15) is 17.6 Å². The molecule has 0 aliphatic carbocycles. The molecule has 3 nitrogen and oxygen atoms in total. The molecule has 0 spiro atoms. The van der Waals surface area contributed by atoms with Gasteiger partial charge in [-0.05, 0) is 30.3 Å². The maximum absolute atomic E-state index is 13.7. The Kier molecular flexibility index (Phi) is 3.75. The molecule has 1 aliphatic heterocycles. The Morgan fingerprint density at radius 1 is 1.22 bits per heavy atom. The zero-order chi connectivity index (χ0) is 16.7. The van der Waals surface area contributed by atoms with Gasteiger partial charge in [-0.25, -0.2) is 4.39 Å². The number of oxime groups is 1. The molecule has 2 aromatic rings. The number of rotatable bonds is 2. The minimum Gasteiger partial charge on any atom is -0.374 e. The van der Waals surface area contributed by atoms with E-state index in [1.165, 1.54) is 12.4 Å². The number of pyridine rings is 1. The summed E-state index contributed by atoms with van der Waals surface area (Å²) in [4.78, 5) is 8.62. The molecule has 1 aromatic heterocycles. The van der Waals surface area contributed by atoms with E-state index in [0.29, 0.717) is 5.56 Å². The monoisotopic (exact) mass is 344 g/mol. The number of nitrogens with zero attached hydrogens (tertiary/aromatic N) is 2. The third kappa shape index (κ3) is 2.76. The van der Waals surface area contributed by atoms with E-state index in [0.717, 1.165) is 18.2 Å². The lowest BCUT2D eigenvalue weighted by Gasteiger charge is -2.29. The van der Waals surface area contributed by atoms with Gasteiger partial charge in [-0.3, -0.25) is 4.98 Å². The summed E-state index contributed by atoms with van der Waals surface area (Å²) in [6.07, 6.45) is -2.53. The van der Waals surface area contributed by atoms with E-state index in [2.05, 4.69) is 10.1 Å². The zero-order valence-electron chi connectivity index (χ0n) is 11.4. The van der Waals surface area contributed by atoms with Gasteiger partial charge in [-0.2, -0.15) is 13.2 Å². The molecule has 0 saturated carbocycles. The largest absolute Gasteiger partial charge is 0.435 e. The van der Waals surface area contributed by atoms with Crippen LogP contribution in [-0.2, 0) is 10.4 Å². The number of hydrogen-bond donors (Lipinski definition) is 0. The lowest BCUT2D eigenvalue weighted by Crippen LogP contribution is -2.42.